The lowest BCUT2D eigenvalue weighted by molar-refractivity contribution is -0.133. The average molecular weight is 315 g/mol. The highest BCUT2D eigenvalue weighted by Gasteiger charge is 2.23. The number of rotatable bonds is 5. The summed E-state index contributed by atoms with van der Waals surface area (Å²) in [4.78, 5) is 25.9. The zero-order valence-corrected chi connectivity index (χ0v) is 11.7. The van der Waals surface area contributed by atoms with E-state index in [2.05, 4.69) is 4.98 Å². The number of amides is 1. The Morgan fingerprint density at radius 1 is 1.48 bits per heavy atom. The van der Waals surface area contributed by atoms with Crippen LogP contribution in [-0.2, 0) is 9.59 Å². The second-order valence-corrected chi connectivity index (χ2v) is 5.22. The highest BCUT2D eigenvalue weighted by Crippen LogP contribution is 2.29. The topological polar surface area (TPSA) is 98.2 Å². The SMILES string of the molecule is CC(C(N)=O)n1c(SCC(=O)O)nc2c(F)cc(F)cc21. The van der Waals surface area contributed by atoms with Crippen molar-refractivity contribution in [3.8, 4) is 0 Å². The van der Waals surface area contributed by atoms with Crippen LogP contribution in [0.4, 0.5) is 8.78 Å². The van der Waals surface area contributed by atoms with Crippen LogP contribution in [0.3, 0.4) is 0 Å². The summed E-state index contributed by atoms with van der Waals surface area (Å²) < 4.78 is 28.3. The molecular weight excluding hydrogens is 304 g/mol. The molecule has 21 heavy (non-hydrogen) atoms. The zero-order chi connectivity index (χ0) is 15.7. The molecule has 3 N–H and O–H groups in total. The quantitative estimate of drug-likeness (QED) is 0.816. The maximum absolute atomic E-state index is 13.7. The van der Waals surface area contributed by atoms with Crippen LogP contribution in [0.1, 0.15) is 13.0 Å². The summed E-state index contributed by atoms with van der Waals surface area (Å²) in [5.74, 6) is -3.88. The van der Waals surface area contributed by atoms with Crippen LogP contribution in [0.15, 0.2) is 17.3 Å². The van der Waals surface area contributed by atoms with Crippen LogP contribution in [0.25, 0.3) is 11.0 Å². The average Bonchev–Trinajstić information content (AvgIpc) is 2.73. The number of halogens is 2. The highest BCUT2D eigenvalue weighted by atomic mass is 32.2. The first kappa shape index (κ1) is 15.2. The molecule has 1 aromatic heterocycles. The van der Waals surface area contributed by atoms with E-state index in [0.29, 0.717) is 6.07 Å². The van der Waals surface area contributed by atoms with Crippen LogP contribution >= 0.6 is 11.8 Å². The normalized spacial score (nSPS) is 12.5. The molecule has 2 aromatic rings. The summed E-state index contributed by atoms with van der Waals surface area (Å²) in [6.45, 7) is 1.44. The first-order chi connectivity index (χ1) is 9.81. The summed E-state index contributed by atoms with van der Waals surface area (Å²) in [7, 11) is 0. The molecule has 0 spiro atoms. The Labute approximate surface area is 121 Å². The molecule has 0 bridgehead atoms. The minimum Gasteiger partial charge on any atom is -0.481 e. The van der Waals surface area contributed by atoms with E-state index in [1.165, 1.54) is 11.5 Å². The lowest BCUT2D eigenvalue weighted by Crippen LogP contribution is -2.24. The van der Waals surface area contributed by atoms with Crippen molar-refractivity contribution >= 4 is 34.7 Å². The number of carbonyl (C=O) groups excluding carboxylic acids is 1. The molecule has 1 unspecified atom stereocenters. The smallest absolute Gasteiger partial charge is 0.313 e. The molecule has 0 fully saturated rings. The van der Waals surface area contributed by atoms with Crippen molar-refractivity contribution in [3.63, 3.8) is 0 Å². The van der Waals surface area contributed by atoms with Crippen molar-refractivity contribution in [2.45, 2.75) is 18.1 Å². The van der Waals surface area contributed by atoms with Gasteiger partial charge in [-0.05, 0) is 6.92 Å². The Morgan fingerprint density at radius 2 is 2.14 bits per heavy atom. The fourth-order valence-corrected chi connectivity index (χ4v) is 2.63. The third-order valence-corrected chi connectivity index (χ3v) is 3.74. The predicted octanol–water partition coefficient (Wildman–Crippen LogP) is 1.54. The second kappa shape index (κ2) is 5.68. The summed E-state index contributed by atoms with van der Waals surface area (Å²) in [5.41, 5.74) is 5.13. The number of carbonyl (C=O) groups is 2. The Hall–Kier alpha value is -2.16. The van der Waals surface area contributed by atoms with Crippen molar-refractivity contribution in [3.05, 3.63) is 23.8 Å². The molecule has 0 radical (unpaired) electrons. The van der Waals surface area contributed by atoms with Gasteiger partial charge in [0.15, 0.2) is 11.0 Å². The van der Waals surface area contributed by atoms with E-state index in [0.717, 1.165) is 17.8 Å². The van der Waals surface area contributed by atoms with Gasteiger partial charge in [0, 0.05) is 12.1 Å². The fraction of sp³-hybridized carbons (Fsp3) is 0.250. The number of aromatic nitrogens is 2. The van der Waals surface area contributed by atoms with Crippen molar-refractivity contribution in [2.75, 3.05) is 5.75 Å². The molecule has 2 rings (SSSR count). The summed E-state index contributed by atoms with van der Waals surface area (Å²) >= 11 is 0.797. The number of thioether (sulfide) groups is 1. The molecule has 0 saturated carbocycles. The summed E-state index contributed by atoms with van der Waals surface area (Å²) in [6.07, 6.45) is 0. The minimum absolute atomic E-state index is 0.0479. The van der Waals surface area contributed by atoms with Gasteiger partial charge in [-0.15, -0.1) is 0 Å². The summed E-state index contributed by atoms with van der Waals surface area (Å²) in [6, 6.07) is 0.767. The van der Waals surface area contributed by atoms with Crippen LogP contribution in [0.2, 0.25) is 0 Å². The fourth-order valence-electron chi connectivity index (χ4n) is 1.83. The number of hydrogen-bond donors (Lipinski definition) is 2. The van der Waals surface area contributed by atoms with E-state index >= 15 is 0 Å². The maximum atomic E-state index is 13.7. The van der Waals surface area contributed by atoms with Gasteiger partial charge in [-0.25, -0.2) is 13.8 Å². The number of nitrogens with two attached hydrogens (primary N) is 1. The molecule has 1 amide bonds. The molecule has 1 atom stereocenters. The van der Waals surface area contributed by atoms with E-state index < -0.39 is 29.6 Å². The number of hydrogen-bond acceptors (Lipinski definition) is 4. The summed E-state index contributed by atoms with van der Waals surface area (Å²) in [5, 5.41) is 8.79. The lowest BCUT2D eigenvalue weighted by Gasteiger charge is -2.13. The zero-order valence-electron chi connectivity index (χ0n) is 10.8. The molecule has 0 saturated heterocycles. The second-order valence-electron chi connectivity index (χ2n) is 4.28. The Kier molecular flexibility index (Phi) is 4.12. The number of carboxylic acid groups (broad SMARTS) is 1. The molecule has 6 nitrogen and oxygen atoms in total. The van der Waals surface area contributed by atoms with Crippen LogP contribution in [0.5, 0.6) is 0 Å². The van der Waals surface area contributed by atoms with Gasteiger partial charge in [-0.3, -0.25) is 9.59 Å². The van der Waals surface area contributed by atoms with E-state index in [9.17, 15) is 18.4 Å². The minimum atomic E-state index is -1.10. The van der Waals surface area contributed by atoms with Crippen LogP contribution in [0, 0.1) is 11.6 Å². The van der Waals surface area contributed by atoms with Crippen molar-refractivity contribution in [2.24, 2.45) is 5.73 Å². The number of nitrogens with zero attached hydrogens (tertiary/aromatic N) is 2. The van der Waals surface area contributed by atoms with Gasteiger partial charge in [-0.1, -0.05) is 11.8 Å². The van der Waals surface area contributed by atoms with Crippen molar-refractivity contribution < 1.29 is 23.5 Å². The van der Waals surface area contributed by atoms with Gasteiger partial charge in [0.05, 0.1) is 11.3 Å². The van der Waals surface area contributed by atoms with Gasteiger partial charge < -0.3 is 15.4 Å². The monoisotopic (exact) mass is 315 g/mol. The number of imidazole rings is 1. The molecular formula is C12H11F2N3O3S. The predicted molar refractivity (Wildman–Crippen MR) is 71.9 cm³/mol. The molecule has 112 valence electrons. The molecule has 1 heterocycles. The molecule has 1 aromatic carbocycles. The van der Waals surface area contributed by atoms with E-state index in [-0.39, 0.29) is 21.9 Å². The first-order valence-electron chi connectivity index (χ1n) is 5.82. The van der Waals surface area contributed by atoms with Gasteiger partial charge in [0.25, 0.3) is 0 Å². The van der Waals surface area contributed by atoms with Gasteiger partial charge in [0.1, 0.15) is 17.4 Å². The maximum Gasteiger partial charge on any atom is 0.313 e. The Morgan fingerprint density at radius 3 is 2.71 bits per heavy atom. The number of benzene rings is 1. The molecule has 9 heteroatoms. The van der Waals surface area contributed by atoms with E-state index in [1.807, 2.05) is 0 Å². The highest BCUT2D eigenvalue weighted by molar-refractivity contribution is 7.99. The number of carboxylic acids is 1. The Bertz CT molecular complexity index is 732. The number of primary amides is 1. The van der Waals surface area contributed by atoms with Crippen molar-refractivity contribution in [1.82, 2.24) is 9.55 Å². The van der Waals surface area contributed by atoms with Gasteiger partial charge >= 0.3 is 5.97 Å². The standard InChI is InChI=1S/C12H11F2N3O3S/c1-5(11(15)20)17-8-3-6(13)2-7(14)10(8)16-12(17)21-4-9(18)19/h2-3,5H,4H2,1H3,(H2,15,20)(H,18,19). The van der Waals surface area contributed by atoms with E-state index in [4.69, 9.17) is 10.8 Å². The largest absolute Gasteiger partial charge is 0.481 e. The first-order valence-corrected chi connectivity index (χ1v) is 6.80. The number of aliphatic carboxylic acids is 1. The van der Waals surface area contributed by atoms with Crippen LogP contribution < -0.4 is 5.73 Å². The lowest BCUT2D eigenvalue weighted by atomic mass is 10.2. The van der Waals surface area contributed by atoms with Gasteiger partial charge in [-0.2, -0.15) is 0 Å². The molecule has 0 aliphatic heterocycles. The van der Waals surface area contributed by atoms with Crippen molar-refractivity contribution in [1.29, 1.82) is 0 Å². The van der Waals surface area contributed by atoms with E-state index in [1.54, 1.807) is 0 Å². The third kappa shape index (κ3) is 2.97. The molecule has 0 aliphatic carbocycles. The molecule has 0 aliphatic rings. The van der Waals surface area contributed by atoms with Crippen LogP contribution in [-0.4, -0.2) is 32.3 Å². The Balaban J connectivity index is 2.65. The number of fused-ring (bicyclic) bond motifs is 1. The van der Waals surface area contributed by atoms with Gasteiger partial charge in [0.2, 0.25) is 5.91 Å². The third-order valence-electron chi connectivity index (χ3n) is 2.80.